The average molecular weight is 310 g/mol. The predicted molar refractivity (Wildman–Crippen MR) is 70.1 cm³/mol. The van der Waals surface area contributed by atoms with Gasteiger partial charge in [0.1, 0.15) is 5.82 Å². The minimum absolute atomic E-state index is 0.183. The van der Waals surface area contributed by atoms with E-state index in [4.69, 9.17) is 5.11 Å². The minimum Gasteiger partial charge on any atom is -0.475 e. The van der Waals surface area contributed by atoms with Gasteiger partial charge in [-0.15, -0.1) is 5.10 Å². The van der Waals surface area contributed by atoms with Crippen molar-refractivity contribution >= 4 is 21.9 Å². The Morgan fingerprint density at radius 3 is 2.78 bits per heavy atom. The van der Waals surface area contributed by atoms with E-state index >= 15 is 0 Å². The monoisotopic (exact) mass is 309 g/mol. The number of aromatic nitrogens is 3. The molecule has 1 N–H and O–H groups in total. The molecule has 1 aromatic heterocycles. The zero-order valence-electron chi connectivity index (χ0n) is 10.0. The summed E-state index contributed by atoms with van der Waals surface area (Å²) >= 11 is 3.42. The van der Waals surface area contributed by atoms with Crippen molar-refractivity contribution < 1.29 is 9.90 Å². The summed E-state index contributed by atoms with van der Waals surface area (Å²) < 4.78 is 2.55. The average Bonchev–Trinajstić information content (AvgIpc) is 2.71. The van der Waals surface area contributed by atoms with Gasteiger partial charge in [-0.3, -0.25) is 0 Å². The molecule has 0 bridgehead atoms. The number of aryl methyl sites for hydroxylation is 2. The van der Waals surface area contributed by atoms with Crippen LogP contribution in [0.25, 0.3) is 5.69 Å². The van der Waals surface area contributed by atoms with E-state index in [2.05, 4.69) is 26.0 Å². The third-order valence-electron chi connectivity index (χ3n) is 2.61. The van der Waals surface area contributed by atoms with Crippen LogP contribution < -0.4 is 0 Å². The Bertz CT molecular complexity index is 607. The van der Waals surface area contributed by atoms with E-state index in [1.165, 1.54) is 0 Å². The normalized spacial score (nSPS) is 10.6. The van der Waals surface area contributed by atoms with E-state index in [0.717, 1.165) is 22.1 Å². The SMILES string of the molecule is CCc1cc(Br)ccc1-n1nc(C(=O)O)nc1C. The van der Waals surface area contributed by atoms with Crippen LogP contribution in [0.5, 0.6) is 0 Å². The van der Waals surface area contributed by atoms with Crippen LogP contribution in [0.3, 0.4) is 0 Å². The maximum atomic E-state index is 10.9. The van der Waals surface area contributed by atoms with E-state index in [1.807, 2.05) is 25.1 Å². The molecule has 1 aromatic carbocycles. The zero-order chi connectivity index (χ0) is 13.3. The second-order valence-electron chi connectivity index (χ2n) is 3.83. The van der Waals surface area contributed by atoms with Gasteiger partial charge in [-0.1, -0.05) is 22.9 Å². The fourth-order valence-electron chi connectivity index (χ4n) is 1.75. The van der Waals surface area contributed by atoms with Gasteiger partial charge < -0.3 is 5.11 Å². The lowest BCUT2D eigenvalue weighted by atomic mass is 10.1. The van der Waals surface area contributed by atoms with E-state index < -0.39 is 5.97 Å². The number of benzene rings is 1. The Morgan fingerprint density at radius 1 is 1.50 bits per heavy atom. The highest BCUT2D eigenvalue weighted by Gasteiger charge is 2.15. The molecular weight excluding hydrogens is 298 g/mol. The molecule has 0 amide bonds. The maximum absolute atomic E-state index is 10.9. The molecule has 0 aliphatic rings. The van der Waals surface area contributed by atoms with Crippen molar-refractivity contribution in [2.45, 2.75) is 20.3 Å². The summed E-state index contributed by atoms with van der Waals surface area (Å²) in [5.74, 6) is -0.742. The third kappa shape index (κ3) is 2.28. The second kappa shape index (κ2) is 4.89. The molecule has 18 heavy (non-hydrogen) atoms. The molecule has 2 rings (SSSR count). The van der Waals surface area contributed by atoms with Crippen molar-refractivity contribution in [2.75, 3.05) is 0 Å². The Balaban J connectivity index is 2.58. The van der Waals surface area contributed by atoms with Crippen LogP contribution in [0.1, 0.15) is 28.9 Å². The topological polar surface area (TPSA) is 68.0 Å². The number of carbonyl (C=O) groups is 1. The summed E-state index contributed by atoms with van der Waals surface area (Å²) in [6.45, 7) is 3.77. The zero-order valence-corrected chi connectivity index (χ0v) is 11.6. The Labute approximate surface area is 113 Å². The molecule has 2 aromatic rings. The summed E-state index contributed by atoms with van der Waals surface area (Å²) in [6.07, 6.45) is 0.830. The molecule has 0 saturated heterocycles. The van der Waals surface area contributed by atoms with Gasteiger partial charge in [0.25, 0.3) is 5.82 Å². The molecule has 0 aliphatic carbocycles. The molecule has 94 valence electrons. The highest BCUT2D eigenvalue weighted by Crippen LogP contribution is 2.21. The Hall–Kier alpha value is -1.69. The number of nitrogens with zero attached hydrogens (tertiary/aromatic N) is 3. The quantitative estimate of drug-likeness (QED) is 0.946. The van der Waals surface area contributed by atoms with Crippen LogP contribution in [0.2, 0.25) is 0 Å². The van der Waals surface area contributed by atoms with E-state index in [-0.39, 0.29) is 5.82 Å². The Kier molecular flexibility index (Phi) is 3.47. The molecule has 0 fully saturated rings. The number of carboxylic acids is 1. The van der Waals surface area contributed by atoms with Crippen LogP contribution in [0.4, 0.5) is 0 Å². The summed E-state index contributed by atoms with van der Waals surface area (Å²) in [5, 5.41) is 12.9. The predicted octanol–water partition coefficient (Wildman–Crippen LogP) is 2.60. The van der Waals surface area contributed by atoms with Crippen LogP contribution in [-0.2, 0) is 6.42 Å². The van der Waals surface area contributed by atoms with Crippen LogP contribution in [0, 0.1) is 6.92 Å². The van der Waals surface area contributed by atoms with Gasteiger partial charge in [-0.25, -0.2) is 14.5 Å². The Morgan fingerprint density at radius 2 is 2.22 bits per heavy atom. The summed E-state index contributed by atoms with van der Waals surface area (Å²) in [6, 6.07) is 5.79. The van der Waals surface area contributed by atoms with Crippen molar-refractivity contribution in [1.82, 2.24) is 14.8 Å². The molecule has 0 atom stereocenters. The number of aromatic carboxylic acids is 1. The van der Waals surface area contributed by atoms with Crippen LogP contribution in [0.15, 0.2) is 22.7 Å². The van der Waals surface area contributed by atoms with Gasteiger partial charge in [-0.2, -0.15) is 0 Å². The number of carboxylic acid groups (broad SMARTS) is 1. The molecular formula is C12H12BrN3O2. The molecule has 1 heterocycles. The van der Waals surface area contributed by atoms with Gasteiger partial charge in [0.2, 0.25) is 0 Å². The van der Waals surface area contributed by atoms with Gasteiger partial charge in [0.05, 0.1) is 5.69 Å². The number of hydrogen-bond acceptors (Lipinski definition) is 3. The lowest BCUT2D eigenvalue weighted by Gasteiger charge is -2.09. The smallest absolute Gasteiger partial charge is 0.375 e. The standard InChI is InChI=1S/C12H12BrN3O2/c1-3-8-6-9(13)4-5-10(8)16-7(2)14-11(15-16)12(17)18/h4-6H,3H2,1-2H3,(H,17,18). The number of rotatable bonds is 3. The number of hydrogen-bond donors (Lipinski definition) is 1. The van der Waals surface area contributed by atoms with Crippen molar-refractivity contribution in [2.24, 2.45) is 0 Å². The molecule has 0 aliphatic heterocycles. The molecule has 5 nitrogen and oxygen atoms in total. The third-order valence-corrected chi connectivity index (χ3v) is 3.10. The largest absolute Gasteiger partial charge is 0.475 e. The van der Waals surface area contributed by atoms with Crippen molar-refractivity contribution in [1.29, 1.82) is 0 Å². The van der Waals surface area contributed by atoms with E-state index in [0.29, 0.717) is 5.82 Å². The van der Waals surface area contributed by atoms with Crippen molar-refractivity contribution in [3.63, 3.8) is 0 Å². The second-order valence-corrected chi connectivity index (χ2v) is 4.74. The first-order chi connectivity index (χ1) is 8.52. The molecule has 0 spiro atoms. The number of halogens is 1. The first-order valence-corrected chi connectivity index (χ1v) is 6.28. The van der Waals surface area contributed by atoms with E-state index in [1.54, 1.807) is 11.6 Å². The summed E-state index contributed by atoms with van der Waals surface area (Å²) in [4.78, 5) is 14.8. The highest BCUT2D eigenvalue weighted by molar-refractivity contribution is 9.10. The summed E-state index contributed by atoms with van der Waals surface area (Å²) in [7, 11) is 0. The molecule has 6 heteroatoms. The lowest BCUT2D eigenvalue weighted by molar-refractivity contribution is 0.0683. The van der Waals surface area contributed by atoms with Gasteiger partial charge in [-0.05, 0) is 37.1 Å². The fourth-order valence-corrected chi connectivity index (χ4v) is 2.16. The van der Waals surface area contributed by atoms with Crippen molar-refractivity contribution in [3.8, 4) is 5.69 Å². The highest BCUT2D eigenvalue weighted by atomic mass is 79.9. The lowest BCUT2D eigenvalue weighted by Crippen LogP contribution is -2.05. The van der Waals surface area contributed by atoms with E-state index in [9.17, 15) is 4.79 Å². The molecule has 0 radical (unpaired) electrons. The fraction of sp³-hybridized carbons (Fsp3) is 0.250. The van der Waals surface area contributed by atoms with Gasteiger partial charge >= 0.3 is 5.97 Å². The van der Waals surface area contributed by atoms with Crippen molar-refractivity contribution in [3.05, 3.63) is 39.9 Å². The first kappa shape index (κ1) is 12.8. The maximum Gasteiger partial charge on any atom is 0.375 e. The molecule has 0 unspecified atom stereocenters. The van der Waals surface area contributed by atoms with Crippen LogP contribution in [-0.4, -0.2) is 25.8 Å². The molecule has 0 saturated carbocycles. The van der Waals surface area contributed by atoms with Gasteiger partial charge in [0, 0.05) is 4.47 Å². The van der Waals surface area contributed by atoms with Gasteiger partial charge in [0.15, 0.2) is 0 Å². The first-order valence-electron chi connectivity index (χ1n) is 5.48. The minimum atomic E-state index is -1.12. The summed E-state index contributed by atoms with van der Waals surface area (Å²) in [5.41, 5.74) is 1.94. The van der Waals surface area contributed by atoms with Crippen LogP contribution >= 0.6 is 15.9 Å².